The Morgan fingerprint density at radius 1 is 1.00 bits per heavy atom. The highest BCUT2D eigenvalue weighted by Crippen LogP contribution is 2.25. The van der Waals surface area contributed by atoms with Crippen LogP contribution in [0.1, 0.15) is 49.5 Å². The van der Waals surface area contributed by atoms with E-state index >= 15 is 0 Å². The second kappa shape index (κ2) is 8.68. The molecule has 0 saturated heterocycles. The van der Waals surface area contributed by atoms with Gasteiger partial charge in [0, 0.05) is 32.1 Å². The van der Waals surface area contributed by atoms with Crippen LogP contribution in [-0.4, -0.2) is 58.7 Å². The minimum Gasteiger partial charge on any atom is -0.481 e. The van der Waals surface area contributed by atoms with Crippen LogP contribution in [0, 0.1) is 0 Å². The van der Waals surface area contributed by atoms with E-state index < -0.39 is 11.9 Å². The van der Waals surface area contributed by atoms with Crippen LogP contribution in [0.2, 0.25) is 0 Å². The Labute approximate surface area is 168 Å². The lowest BCUT2D eigenvalue weighted by Crippen LogP contribution is -2.31. The summed E-state index contributed by atoms with van der Waals surface area (Å²) in [6.45, 7) is 0.563. The number of carboxylic acid groups (broad SMARTS) is 1. The fourth-order valence-corrected chi connectivity index (χ4v) is 3.30. The van der Waals surface area contributed by atoms with Crippen molar-refractivity contribution < 1.29 is 24.3 Å². The number of fused-ring (bicyclic) bond motifs is 1. The molecule has 7 nitrogen and oxygen atoms in total. The molecule has 3 amide bonds. The molecule has 0 aromatic heterocycles. The molecule has 2 aromatic rings. The monoisotopic (exact) mass is 394 g/mol. The van der Waals surface area contributed by atoms with Crippen molar-refractivity contribution in [1.29, 1.82) is 0 Å². The first-order valence-corrected chi connectivity index (χ1v) is 9.40. The molecule has 0 bridgehead atoms. The molecule has 150 valence electrons. The first kappa shape index (κ1) is 20.3. The van der Waals surface area contributed by atoms with Crippen LogP contribution in [0.4, 0.5) is 0 Å². The van der Waals surface area contributed by atoms with Crippen molar-refractivity contribution >= 4 is 23.7 Å². The first-order chi connectivity index (χ1) is 13.9. The molecule has 0 radical (unpaired) electrons. The van der Waals surface area contributed by atoms with Gasteiger partial charge in [-0.05, 0) is 36.6 Å². The van der Waals surface area contributed by atoms with Gasteiger partial charge >= 0.3 is 5.97 Å². The second-order valence-electron chi connectivity index (χ2n) is 6.98. The summed E-state index contributed by atoms with van der Waals surface area (Å²) in [5, 5.41) is 8.71. The molecule has 2 aromatic carbocycles. The molecule has 0 fully saturated rings. The molecule has 3 rings (SSSR count). The number of carboxylic acids is 1. The molecule has 1 heterocycles. The molecule has 1 N–H and O–H groups in total. The average Bonchev–Trinajstić information content (AvgIpc) is 2.96. The first-order valence-electron chi connectivity index (χ1n) is 9.40. The van der Waals surface area contributed by atoms with Crippen molar-refractivity contribution in [3.63, 3.8) is 0 Å². The molecule has 0 aliphatic carbocycles. The number of amides is 3. The summed E-state index contributed by atoms with van der Waals surface area (Å²) in [6, 6.07) is 14.1. The van der Waals surface area contributed by atoms with Crippen molar-refractivity contribution in [2.75, 3.05) is 20.1 Å². The summed E-state index contributed by atoms with van der Waals surface area (Å²) in [7, 11) is 1.58. The molecule has 29 heavy (non-hydrogen) atoms. The Hall–Kier alpha value is -3.48. The van der Waals surface area contributed by atoms with Crippen LogP contribution < -0.4 is 0 Å². The van der Waals surface area contributed by atoms with E-state index in [1.807, 2.05) is 30.3 Å². The third kappa shape index (κ3) is 4.51. The van der Waals surface area contributed by atoms with Gasteiger partial charge in [-0.25, -0.2) is 0 Å². The number of rotatable bonds is 8. The third-order valence-corrected chi connectivity index (χ3v) is 4.92. The zero-order valence-corrected chi connectivity index (χ0v) is 16.1. The maximum atomic E-state index is 12.7. The lowest BCUT2D eigenvalue weighted by atomic mass is 10.0. The molecule has 0 unspecified atom stereocenters. The Morgan fingerprint density at radius 3 is 2.38 bits per heavy atom. The van der Waals surface area contributed by atoms with Crippen molar-refractivity contribution in [1.82, 2.24) is 9.80 Å². The summed E-state index contributed by atoms with van der Waals surface area (Å²) in [5.74, 6) is -1.98. The second-order valence-corrected chi connectivity index (χ2v) is 6.98. The third-order valence-electron chi connectivity index (χ3n) is 4.92. The Morgan fingerprint density at radius 2 is 1.69 bits per heavy atom. The zero-order valence-electron chi connectivity index (χ0n) is 16.1. The van der Waals surface area contributed by atoms with E-state index in [1.165, 1.54) is 28.0 Å². The van der Waals surface area contributed by atoms with E-state index in [0.29, 0.717) is 24.0 Å². The summed E-state index contributed by atoms with van der Waals surface area (Å²) < 4.78 is 0. The van der Waals surface area contributed by atoms with Crippen LogP contribution in [0.3, 0.4) is 0 Å². The van der Waals surface area contributed by atoms with Crippen LogP contribution >= 0.6 is 0 Å². The van der Waals surface area contributed by atoms with Gasteiger partial charge in [0.05, 0.1) is 11.1 Å². The molecule has 1 aliphatic rings. The largest absolute Gasteiger partial charge is 0.481 e. The van der Waals surface area contributed by atoms with Crippen molar-refractivity contribution in [2.45, 2.75) is 19.3 Å². The lowest BCUT2D eigenvalue weighted by molar-refractivity contribution is -0.137. The molecule has 1 aliphatic heterocycles. The number of aliphatic carboxylic acids is 1. The Balaban J connectivity index is 1.70. The molecular weight excluding hydrogens is 372 g/mol. The highest BCUT2D eigenvalue weighted by Gasteiger charge is 2.35. The molecule has 0 atom stereocenters. The quantitative estimate of drug-likeness (QED) is 0.694. The van der Waals surface area contributed by atoms with Gasteiger partial charge in [-0.1, -0.05) is 30.3 Å². The topological polar surface area (TPSA) is 95.0 Å². The van der Waals surface area contributed by atoms with E-state index in [9.17, 15) is 19.2 Å². The van der Waals surface area contributed by atoms with Crippen LogP contribution in [0.15, 0.2) is 48.5 Å². The predicted molar refractivity (Wildman–Crippen MR) is 106 cm³/mol. The van der Waals surface area contributed by atoms with Gasteiger partial charge in [0.2, 0.25) is 0 Å². The van der Waals surface area contributed by atoms with E-state index in [2.05, 4.69) is 0 Å². The lowest BCUT2D eigenvalue weighted by Gasteiger charge is -2.17. The fourth-order valence-electron chi connectivity index (χ4n) is 3.30. The minimum atomic E-state index is -0.914. The Kier molecular flexibility index (Phi) is 6.07. The van der Waals surface area contributed by atoms with Gasteiger partial charge in [0.1, 0.15) is 0 Å². The maximum absolute atomic E-state index is 12.7. The van der Waals surface area contributed by atoms with Crippen LogP contribution in [0.25, 0.3) is 0 Å². The van der Waals surface area contributed by atoms with Crippen molar-refractivity contribution in [3.05, 3.63) is 70.8 Å². The van der Waals surface area contributed by atoms with Gasteiger partial charge in [-0.3, -0.25) is 24.1 Å². The predicted octanol–water partition coefficient (Wildman–Crippen LogP) is 2.46. The highest BCUT2D eigenvalue weighted by molar-refractivity contribution is 6.22. The summed E-state index contributed by atoms with van der Waals surface area (Å²) >= 11 is 0. The molecular formula is C22H22N2O5. The summed E-state index contributed by atoms with van der Waals surface area (Å²) in [5.41, 5.74) is 1.86. The number of hydrogen-bond acceptors (Lipinski definition) is 4. The van der Waals surface area contributed by atoms with E-state index in [0.717, 1.165) is 5.56 Å². The van der Waals surface area contributed by atoms with Gasteiger partial charge in [-0.2, -0.15) is 0 Å². The average molecular weight is 394 g/mol. The van der Waals surface area contributed by atoms with E-state index in [4.69, 9.17) is 5.11 Å². The Bertz CT molecular complexity index is 955. The van der Waals surface area contributed by atoms with Gasteiger partial charge in [-0.15, -0.1) is 0 Å². The molecule has 7 heteroatoms. The number of benzene rings is 2. The highest BCUT2D eigenvalue weighted by atomic mass is 16.4. The van der Waals surface area contributed by atoms with Crippen LogP contribution in [-0.2, 0) is 11.2 Å². The summed E-state index contributed by atoms with van der Waals surface area (Å²) in [6.07, 6.45) is 0.878. The van der Waals surface area contributed by atoms with Gasteiger partial charge < -0.3 is 10.0 Å². The zero-order chi connectivity index (χ0) is 21.0. The minimum absolute atomic E-state index is 0.0226. The number of carbonyl (C=O) groups is 4. The summed E-state index contributed by atoms with van der Waals surface area (Å²) in [4.78, 5) is 51.1. The molecule has 0 saturated carbocycles. The fraction of sp³-hybridized carbons (Fsp3) is 0.273. The smallest absolute Gasteiger partial charge is 0.303 e. The molecule has 0 spiro atoms. The van der Waals surface area contributed by atoms with E-state index in [-0.39, 0.29) is 36.9 Å². The van der Waals surface area contributed by atoms with Crippen molar-refractivity contribution in [2.24, 2.45) is 0 Å². The number of nitrogens with zero attached hydrogens (tertiary/aromatic N) is 2. The maximum Gasteiger partial charge on any atom is 0.303 e. The van der Waals surface area contributed by atoms with Gasteiger partial charge in [0.15, 0.2) is 0 Å². The number of imide groups is 1. The van der Waals surface area contributed by atoms with E-state index in [1.54, 1.807) is 7.05 Å². The van der Waals surface area contributed by atoms with Gasteiger partial charge in [0.25, 0.3) is 17.7 Å². The van der Waals surface area contributed by atoms with Crippen LogP contribution in [0.5, 0.6) is 0 Å². The number of carbonyl (C=O) groups excluding carboxylic acids is 3. The SMILES string of the molecule is CN(CCCC(=O)O)C(=O)c1ccc2c(c1)C(=O)N(CCc1ccccc1)C2=O. The standard InChI is InChI=1S/C22H22N2O5/c1-23(12-5-8-19(25)26)20(27)16-9-10-17-18(14-16)22(29)24(21(17)28)13-11-15-6-3-2-4-7-15/h2-4,6-7,9-10,14H,5,8,11-13H2,1H3,(H,25,26). The van der Waals surface area contributed by atoms with Crippen molar-refractivity contribution in [3.8, 4) is 0 Å². The number of hydrogen-bond donors (Lipinski definition) is 1. The normalized spacial score (nSPS) is 12.8.